The highest BCUT2D eigenvalue weighted by atomic mass is 35.5. The standard InChI is InChI=1S/C15H14Cl2N4O2S/c1-19-12-11(13(22)20(2)15(19)23)21(14(17)18-12)7-8-24-10-5-3-9(16)4-6-10/h3-6H,7-8H2,1-2H3. The molecule has 0 bridgehead atoms. The maximum atomic E-state index is 12.4. The van der Waals surface area contributed by atoms with E-state index in [4.69, 9.17) is 23.2 Å². The van der Waals surface area contributed by atoms with Gasteiger partial charge in [0.1, 0.15) is 0 Å². The fraction of sp³-hybridized carbons (Fsp3) is 0.267. The fourth-order valence-corrected chi connectivity index (χ4v) is 3.62. The van der Waals surface area contributed by atoms with E-state index >= 15 is 0 Å². The van der Waals surface area contributed by atoms with E-state index in [1.807, 2.05) is 24.3 Å². The van der Waals surface area contributed by atoms with Gasteiger partial charge in [0, 0.05) is 36.3 Å². The van der Waals surface area contributed by atoms with Crippen LogP contribution in [0.25, 0.3) is 11.2 Å². The molecule has 2 aromatic heterocycles. The number of imidazole rings is 1. The van der Waals surface area contributed by atoms with Crippen LogP contribution in [0.3, 0.4) is 0 Å². The normalized spacial score (nSPS) is 11.3. The van der Waals surface area contributed by atoms with E-state index in [-0.39, 0.29) is 5.28 Å². The van der Waals surface area contributed by atoms with E-state index in [0.29, 0.717) is 28.5 Å². The summed E-state index contributed by atoms with van der Waals surface area (Å²) in [5.41, 5.74) is -0.195. The van der Waals surface area contributed by atoms with Crippen LogP contribution in [0.1, 0.15) is 0 Å². The van der Waals surface area contributed by atoms with E-state index in [1.165, 1.54) is 11.6 Å². The van der Waals surface area contributed by atoms with E-state index in [1.54, 1.807) is 23.4 Å². The van der Waals surface area contributed by atoms with Gasteiger partial charge >= 0.3 is 5.69 Å². The number of hydrogen-bond acceptors (Lipinski definition) is 4. The zero-order valence-electron chi connectivity index (χ0n) is 13.0. The van der Waals surface area contributed by atoms with Gasteiger partial charge in [0.15, 0.2) is 11.2 Å². The molecule has 0 aliphatic rings. The van der Waals surface area contributed by atoms with Crippen molar-refractivity contribution < 1.29 is 0 Å². The smallest absolute Gasteiger partial charge is 0.308 e. The Hall–Kier alpha value is -1.70. The average Bonchev–Trinajstić information content (AvgIpc) is 2.90. The van der Waals surface area contributed by atoms with Crippen molar-refractivity contribution in [3.05, 3.63) is 55.4 Å². The molecule has 0 radical (unpaired) electrons. The summed E-state index contributed by atoms with van der Waals surface area (Å²) in [6.07, 6.45) is 0. The Bertz CT molecular complexity index is 1020. The molecule has 3 rings (SSSR count). The molecule has 0 saturated carbocycles. The van der Waals surface area contributed by atoms with Gasteiger partial charge in [0.05, 0.1) is 0 Å². The SMILES string of the molecule is Cn1c(=O)c2c(nc(Cl)n2CCSc2ccc(Cl)cc2)n(C)c1=O. The molecule has 126 valence electrons. The molecule has 0 aliphatic carbocycles. The molecule has 24 heavy (non-hydrogen) atoms. The molecule has 9 heteroatoms. The summed E-state index contributed by atoms with van der Waals surface area (Å²) in [5, 5.41) is 0.882. The van der Waals surface area contributed by atoms with Crippen LogP contribution in [0.2, 0.25) is 10.3 Å². The lowest BCUT2D eigenvalue weighted by Gasteiger charge is -2.07. The van der Waals surface area contributed by atoms with Crippen LogP contribution >= 0.6 is 35.0 Å². The molecule has 3 aromatic rings. The molecule has 0 unspecified atom stereocenters. The summed E-state index contributed by atoms with van der Waals surface area (Å²) in [6.45, 7) is 0.496. The van der Waals surface area contributed by atoms with Crippen LogP contribution in [-0.4, -0.2) is 24.4 Å². The molecule has 0 N–H and O–H groups in total. The van der Waals surface area contributed by atoms with Crippen LogP contribution in [-0.2, 0) is 20.6 Å². The molecule has 6 nitrogen and oxygen atoms in total. The molecule has 1 aromatic carbocycles. The molecule has 2 heterocycles. The number of thioether (sulfide) groups is 1. The van der Waals surface area contributed by atoms with Crippen molar-refractivity contribution in [2.45, 2.75) is 11.4 Å². The predicted molar refractivity (Wildman–Crippen MR) is 97.4 cm³/mol. The highest BCUT2D eigenvalue weighted by Gasteiger charge is 2.17. The molecular weight excluding hydrogens is 371 g/mol. The average molecular weight is 385 g/mol. The van der Waals surface area contributed by atoms with Gasteiger partial charge in [-0.1, -0.05) is 11.6 Å². The van der Waals surface area contributed by atoms with Crippen molar-refractivity contribution in [2.24, 2.45) is 14.1 Å². The minimum absolute atomic E-state index is 0.194. The van der Waals surface area contributed by atoms with Crippen molar-refractivity contribution in [1.82, 2.24) is 18.7 Å². The minimum atomic E-state index is -0.427. The molecule has 0 aliphatic heterocycles. The van der Waals surface area contributed by atoms with Gasteiger partial charge in [0.2, 0.25) is 5.28 Å². The maximum absolute atomic E-state index is 12.4. The van der Waals surface area contributed by atoms with Crippen molar-refractivity contribution >= 4 is 46.1 Å². The number of aromatic nitrogens is 4. The number of halogens is 2. The summed E-state index contributed by atoms with van der Waals surface area (Å²) in [7, 11) is 3.01. The molecule has 0 amide bonds. The van der Waals surface area contributed by atoms with Gasteiger partial charge in [0.25, 0.3) is 5.56 Å². The molecular formula is C15H14Cl2N4O2S. The Kier molecular flexibility index (Phi) is 4.76. The molecule has 0 saturated heterocycles. The number of benzene rings is 1. The lowest BCUT2D eigenvalue weighted by molar-refractivity contribution is 0.700. The van der Waals surface area contributed by atoms with Crippen molar-refractivity contribution in [2.75, 3.05) is 5.75 Å². The number of aryl methyl sites for hydroxylation is 2. The summed E-state index contributed by atoms with van der Waals surface area (Å²) < 4.78 is 4.02. The largest absolute Gasteiger partial charge is 0.332 e. The van der Waals surface area contributed by atoms with Crippen LogP contribution in [0.4, 0.5) is 0 Å². The van der Waals surface area contributed by atoms with Crippen molar-refractivity contribution in [3.63, 3.8) is 0 Å². The van der Waals surface area contributed by atoms with E-state index in [9.17, 15) is 9.59 Å². The maximum Gasteiger partial charge on any atom is 0.332 e. The van der Waals surface area contributed by atoms with Gasteiger partial charge in [-0.2, -0.15) is 4.98 Å². The lowest BCUT2D eigenvalue weighted by atomic mass is 10.4. The van der Waals surface area contributed by atoms with E-state index in [2.05, 4.69) is 4.98 Å². The zero-order chi connectivity index (χ0) is 17.4. The van der Waals surface area contributed by atoms with Crippen molar-refractivity contribution in [1.29, 1.82) is 0 Å². The molecule has 0 spiro atoms. The number of nitrogens with zero attached hydrogens (tertiary/aromatic N) is 4. The predicted octanol–water partition coefficient (Wildman–Crippen LogP) is 2.53. The number of rotatable bonds is 4. The van der Waals surface area contributed by atoms with Gasteiger partial charge < -0.3 is 4.57 Å². The molecule has 0 fully saturated rings. The van der Waals surface area contributed by atoms with Gasteiger partial charge in [-0.3, -0.25) is 13.9 Å². The van der Waals surface area contributed by atoms with Crippen LogP contribution < -0.4 is 11.2 Å². The quantitative estimate of drug-likeness (QED) is 0.512. The van der Waals surface area contributed by atoms with Crippen molar-refractivity contribution in [3.8, 4) is 0 Å². The van der Waals surface area contributed by atoms with E-state index in [0.717, 1.165) is 9.46 Å². The van der Waals surface area contributed by atoms with Crippen LogP contribution in [0.5, 0.6) is 0 Å². The Morgan fingerprint density at radius 1 is 1.08 bits per heavy atom. The third-order valence-electron chi connectivity index (χ3n) is 3.70. The third kappa shape index (κ3) is 2.99. The second-order valence-electron chi connectivity index (χ2n) is 5.21. The Balaban J connectivity index is 1.92. The van der Waals surface area contributed by atoms with Crippen LogP contribution in [0.15, 0.2) is 38.8 Å². The zero-order valence-corrected chi connectivity index (χ0v) is 15.3. The number of hydrogen-bond donors (Lipinski definition) is 0. The van der Waals surface area contributed by atoms with Gasteiger partial charge in [-0.25, -0.2) is 4.79 Å². The van der Waals surface area contributed by atoms with Gasteiger partial charge in [-0.05, 0) is 35.9 Å². The number of fused-ring (bicyclic) bond motifs is 1. The Morgan fingerprint density at radius 3 is 2.42 bits per heavy atom. The summed E-state index contributed by atoms with van der Waals surface area (Å²) >= 11 is 13.7. The van der Waals surface area contributed by atoms with Gasteiger partial charge in [-0.15, -0.1) is 11.8 Å². The first kappa shape index (κ1) is 17.1. The first-order valence-corrected chi connectivity index (χ1v) is 8.84. The second-order valence-corrected chi connectivity index (χ2v) is 7.16. The highest BCUT2D eigenvalue weighted by Crippen LogP contribution is 2.22. The highest BCUT2D eigenvalue weighted by molar-refractivity contribution is 7.99. The summed E-state index contributed by atoms with van der Waals surface area (Å²) in [5.74, 6) is 0.693. The third-order valence-corrected chi connectivity index (χ3v) is 5.23. The minimum Gasteiger partial charge on any atom is -0.308 e. The Morgan fingerprint density at radius 2 is 1.75 bits per heavy atom. The van der Waals surface area contributed by atoms with Crippen LogP contribution in [0, 0.1) is 0 Å². The van der Waals surface area contributed by atoms with E-state index < -0.39 is 11.2 Å². The first-order chi connectivity index (χ1) is 11.4. The fourth-order valence-electron chi connectivity index (χ4n) is 2.41. The monoisotopic (exact) mass is 384 g/mol. The lowest BCUT2D eigenvalue weighted by Crippen LogP contribution is -2.37. The second kappa shape index (κ2) is 6.66. The molecule has 0 atom stereocenters. The first-order valence-electron chi connectivity index (χ1n) is 7.10. The topological polar surface area (TPSA) is 61.8 Å². The summed E-state index contributed by atoms with van der Waals surface area (Å²) in [6, 6.07) is 7.52. The Labute approximate surface area is 151 Å². The summed E-state index contributed by atoms with van der Waals surface area (Å²) in [4.78, 5) is 29.6.